The van der Waals surface area contributed by atoms with Gasteiger partial charge in [0.15, 0.2) is 0 Å². The molecule has 0 aromatic carbocycles. The number of nitrogens with zero attached hydrogens (tertiary/aromatic N) is 4. The second kappa shape index (κ2) is 6.08. The second-order valence-electron chi connectivity index (χ2n) is 5.37. The molecule has 1 amide bonds. The molecule has 0 saturated carbocycles. The van der Waals surface area contributed by atoms with Crippen LogP contribution in [-0.4, -0.2) is 38.7 Å². The van der Waals surface area contributed by atoms with Crippen LogP contribution in [0, 0.1) is 0 Å². The molecule has 0 radical (unpaired) electrons. The molecule has 0 aliphatic carbocycles. The summed E-state index contributed by atoms with van der Waals surface area (Å²) in [6, 6.07) is 5.62. The summed E-state index contributed by atoms with van der Waals surface area (Å²) in [7, 11) is 0. The lowest BCUT2D eigenvalue weighted by atomic mass is 10.1. The van der Waals surface area contributed by atoms with E-state index in [4.69, 9.17) is 0 Å². The fourth-order valence-corrected chi connectivity index (χ4v) is 2.75. The van der Waals surface area contributed by atoms with Crippen molar-refractivity contribution in [2.45, 2.75) is 32.7 Å². The number of hydrogen-bond donors (Lipinski definition) is 0. The quantitative estimate of drug-likeness (QED) is 0.867. The largest absolute Gasteiger partial charge is 0.339 e. The first-order chi connectivity index (χ1) is 10.3. The van der Waals surface area contributed by atoms with Crippen LogP contribution in [0.25, 0.3) is 11.4 Å². The number of rotatable bonds is 4. The molecule has 0 bridgehead atoms. The number of carbonyl (C=O) groups excluding carboxylic acids is 1. The van der Waals surface area contributed by atoms with E-state index in [2.05, 4.69) is 17.0 Å². The van der Waals surface area contributed by atoms with E-state index in [0.717, 1.165) is 50.3 Å². The summed E-state index contributed by atoms with van der Waals surface area (Å²) in [4.78, 5) is 18.8. The Labute approximate surface area is 124 Å². The first-order valence-electron chi connectivity index (χ1n) is 7.57. The second-order valence-corrected chi connectivity index (χ2v) is 5.37. The zero-order chi connectivity index (χ0) is 14.7. The average molecular weight is 284 g/mol. The molecule has 0 unspecified atom stereocenters. The van der Waals surface area contributed by atoms with Gasteiger partial charge in [-0.1, -0.05) is 6.92 Å². The highest BCUT2D eigenvalue weighted by molar-refractivity contribution is 5.95. The van der Waals surface area contributed by atoms with Gasteiger partial charge in [-0.25, -0.2) is 0 Å². The molecule has 1 saturated heterocycles. The molecular formula is C16H20N4O. The Kier molecular flexibility index (Phi) is 3.99. The standard InChI is InChI=1S/C16H20N4O/c1-2-9-20-15(6-8-18-20)14-12-13(5-7-17-14)16(21)19-10-3-4-11-19/h5-8,12H,2-4,9-11H2,1H3. The van der Waals surface area contributed by atoms with Crippen molar-refractivity contribution in [2.75, 3.05) is 13.1 Å². The molecule has 2 aromatic rings. The van der Waals surface area contributed by atoms with Crippen LogP contribution in [0.3, 0.4) is 0 Å². The van der Waals surface area contributed by atoms with Crippen LogP contribution in [0.4, 0.5) is 0 Å². The fraction of sp³-hybridized carbons (Fsp3) is 0.438. The van der Waals surface area contributed by atoms with E-state index in [9.17, 15) is 4.79 Å². The highest BCUT2D eigenvalue weighted by Gasteiger charge is 2.20. The molecule has 0 atom stereocenters. The van der Waals surface area contributed by atoms with Gasteiger partial charge < -0.3 is 4.90 Å². The Bertz CT molecular complexity index is 629. The topological polar surface area (TPSA) is 51.0 Å². The molecule has 2 aromatic heterocycles. The Hall–Kier alpha value is -2.17. The predicted molar refractivity (Wildman–Crippen MR) is 80.9 cm³/mol. The number of amides is 1. The number of pyridine rings is 1. The van der Waals surface area contributed by atoms with Gasteiger partial charge in [0.2, 0.25) is 0 Å². The number of likely N-dealkylation sites (tertiary alicyclic amines) is 1. The molecule has 1 aliphatic heterocycles. The van der Waals surface area contributed by atoms with E-state index < -0.39 is 0 Å². The first-order valence-corrected chi connectivity index (χ1v) is 7.57. The first kappa shape index (κ1) is 13.8. The molecule has 5 heteroatoms. The van der Waals surface area contributed by atoms with Crippen molar-refractivity contribution in [3.05, 3.63) is 36.2 Å². The molecule has 21 heavy (non-hydrogen) atoms. The van der Waals surface area contributed by atoms with Crippen molar-refractivity contribution in [3.63, 3.8) is 0 Å². The molecule has 3 rings (SSSR count). The molecule has 1 aliphatic rings. The average Bonchev–Trinajstić information content (AvgIpc) is 3.18. The third kappa shape index (κ3) is 2.82. The zero-order valence-corrected chi connectivity index (χ0v) is 12.3. The highest BCUT2D eigenvalue weighted by Crippen LogP contribution is 2.20. The van der Waals surface area contributed by atoms with E-state index >= 15 is 0 Å². The van der Waals surface area contributed by atoms with E-state index in [1.807, 2.05) is 21.7 Å². The number of aryl methyl sites for hydroxylation is 1. The van der Waals surface area contributed by atoms with Gasteiger partial charge in [-0.3, -0.25) is 14.5 Å². The SMILES string of the molecule is CCCn1nccc1-c1cc(C(=O)N2CCCC2)ccn1. The Morgan fingerprint density at radius 1 is 1.24 bits per heavy atom. The zero-order valence-electron chi connectivity index (χ0n) is 12.3. The van der Waals surface area contributed by atoms with Gasteiger partial charge in [0.25, 0.3) is 5.91 Å². The van der Waals surface area contributed by atoms with E-state index in [1.165, 1.54) is 0 Å². The van der Waals surface area contributed by atoms with E-state index in [-0.39, 0.29) is 5.91 Å². The molecule has 5 nitrogen and oxygen atoms in total. The van der Waals surface area contributed by atoms with Gasteiger partial charge in [-0.05, 0) is 37.5 Å². The Balaban J connectivity index is 1.89. The summed E-state index contributed by atoms with van der Waals surface area (Å²) in [5.41, 5.74) is 2.49. The summed E-state index contributed by atoms with van der Waals surface area (Å²) in [5.74, 6) is 0.109. The van der Waals surface area contributed by atoms with Gasteiger partial charge in [-0.2, -0.15) is 5.10 Å². The molecule has 3 heterocycles. The molecule has 0 N–H and O–H groups in total. The van der Waals surface area contributed by atoms with Crippen molar-refractivity contribution < 1.29 is 4.79 Å². The van der Waals surface area contributed by atoms with Crippen molar-refractivity contribution >= 4 is 5.91 Å². The monoisotopic (exact) mass is 284 g/mol. The third-order valence-corrected chi connectivity index (χ3v) is 3.81. The van der Waals surface area contributed by atoms with E-state index in [1.54, 1.807) is 18.5 Å². The van der Waals surface area contributed by atoms with Crippen molar-refractivity contribution in [1.82, 2.24) is 19.7 Å². The van der Waals surface area contributed by atoms with Crippen LogP contribution < -0.4 is 0 Å². The van der Waals surface area contributed by atoms with E-state index in [0.29, 0.717) is 5.56 Å². The summed E-state index contributed by atoms with van der Waals surface area (Å²) in [5, 5.41) is 4.32. The summed E-state index contributed by atoms with van der Waals surface area (Å²) in [6.07, 6.45) is 6.71. The van der Waals surface area contributed by atoms with Crippen molar-refractivity contribution in [3.8, 4) is 11.4 Å². The lowest BCUT2D eigenvalue weighted by Crippen LogP contribution is -2.27. The fourth-order valence-electron chi connectivity index (χ4n) is 2.75. The highest BCUT2D eigenvalue weighted by atomic mass is 16.2. The van der Waals surface area contributed by atoms with Gasteiger partial charge >= 0.3 is 0 Å². The number of carbonyl (C=O) groups is 1. The van der Waals surface area contributed by atoms with Crippen LogP contribution in [0.2, 0.25) is 0 Å². The molecular weight excluding hydrogens is 264 g/mol. The van der Waals surface area contributed by atoms with Crippen LogP contribution in [-0.2, 0) is 6.54 Å². The van der Waals surface area contributed by atoms with Crippen LogP contribution in [0.5, 0.6) is 0 Å². The summed E-state index contributed by atoms with van der Waals surface area (Å²) >= 11 is 0. The van der Waals surface area contributed by atoms with Crippen LogP contribution >= 0.6 is 0 Å². The summed E-state index contributed by atoms with van der Waals surface area (Å²) in [6.45, 7) is 4.70. The maximum Gasteiger partial charge on any atom is 0.253 e. The van der Waals surface area contributed by atoms with Gasteiger partial charge in [0.1, 0.15) is 0 Å². The minimum atomic E-state index is 0.109. The van der Waals surface area contributed by atoms with Gasteiger partial charge in [0, 0.05) is 37.6 Å². The summed E-state index contributed by atoms with van der Waals surface area (Å²) < 4.78 is 1.94. The smallest absolute Gasteiger partial charge is 0.253 e. The molecule has 0 spiro atoms. The minimum Gasteiger partial charge on any atom is -0.339 e. The Morgan fingerprint density at radius 3 is 2.81 bits per heavy atom. The van der Waals surface area contributed by atoms with Crippen LogP contribution in [0.1, 0.15) is 36.5 Å². The van der Waals surface area contributed by atoms with Crippen molar-refractivity contribution in [1.29, 1.82) is 0 Å². The van der Waals surface area contributed by atoms with Crippen molar-refractivity contribution in [2.24, 2.45) is 0 Å². The van der Waals surface area contributed by atoms with Gasteiger partial charge in [0.05, 0.1) is 11.4 Å². The predicted octanol–water partition coefficient (Wildman–Crippen LogP) is 2.59. The number of aromatic nitrogens is 3. The lowest BCUT2D eigenvalue weighted by molar-refractivity contribution is 0.0792. The van der Waals surface area contributed by atoms with Gasteiger partial charge in [-0.15, -0.1) is 0 Å². The maximum atomic E-state index is 12.5. The third-order valence-electron chi connectivity index (χ3n) is 3.81. The maximum absolute atomic E-state index is 12.5. The normalized spacial score (nSPS) is 14.6. The minimum absolute atomic E-state index is 0.109. The number of hydrogen-bond acceptors (Lipinski definition) is 3. The molecule has 1 fully saturated rings. The van der Waals surface area contributed by atoms with Crippen LogP contribution in [0.15, 0.2) is 30.6 Å². The molecule has 110 valence electrons. The lowest BCUT2D eigenvalue weighted by Gasteiger charge is -2.15. The Morgan fingerprint density at radius 2 is 2.05 bits per heavy atom.